The van der Waals surface area contributed by atoms with Gasteiger partial charge in [-0.3, -0.25) is 4.98 Å². The van der Waals surface area contributed by atoms with Crippen LogP contribution in [0.15, 0.2) is 52.1 Å². The predicted molar refractivity (Wildman–Crippen MR) is 77.1 cm³/mol. The third kappa shape index (κ3) is 3.86. The van der Waals surface area contributed by atoms with Crippen LogP contribution in [0.4, 0.5) is 0 Å². The van der Waals surface area contributed by atoms with E-state index in [-0.39, 0.29) is 11.4 Å². The van der Waals surface area contributed by atoms with Crippen LogP contribution in [-0.2, 0) is 16.6 Å². The van der Waals surface area contributed by atoms with E-state index in [0.29, 0.717) is 4.47 Å². The third-order valence-corrected chi connectivity index (χ3v) is 4.34. The van der Waals surface area contributed by atoms with Gasteiger partial charge in [0.1, 0.15) is 4.90 Å². The summed E-state index contributed by atoms with van der Waals surface area (Å²) in [5, 5.41) is 0. The van der Waals surface area contributed by atoms with E-state index in [1.165, 1.54) is 12.3 Å². The van der Waals surface area contributed by atoms with Crippen LogP contribution >= 0.6 is 15.9 Å². The number of aromatic nitrogens is 1. The molecule has 1 N–H and O–H groups in total. The zero-order chi connectivity index (χ0) is 13.9. The van der Waals surface area contributed by atoms with Crippen LogP contribution in [0, 0.1) is 6.92 Å². The molecular weight excluding hydrogens is 328 g/mol. The number of benzene rings is 1. The fourth-order valence-electron chi connectivity index (χ4n) is 1.62. The quantitative estimate of drug-likeness (QED) is 0.930. The Hall–Kier alpha value is -1.24. The molecule has 0 radical (unpaired) electrons. The molecule has 0 saturated heterocycles. The van der Waals surface area contributed by atoms with Crippen LogP contribution < -0.4 is 4.72 Å². The van der Waals surface area contributed by atoms with E-state index in [0.717, 1.165) is 11.1 Å². The first-order chi connectivity index (χ1) is 8.97. The summed E-state index contributed by atoms with van der Waals surface area (Å²) in [5.74, 6) is 0. The Bertz CT molecular complexity index is 687. The highest BCUT2D eigenvalue weighted by molar-refractivity contribution is 9.10. The number of aryl methyl sites for hydroxylation is 1. The summed E-state index contributed by atoms with van der Waals surface area (Å²) in [6.07, 6.45) is 2.86. The van der Waals surface area contributed by atoms with Crippen molar-refractivity contribution in [1.82, 2.24) is 9.71 Å². The van der Waals surface area contributed by atoms with Gasteiger partial charge in [0.2, 0.25) is 10.0 Å². The number of hydrogen-bond donors (Lipinski definition) is 1. The van der Waals surface area contributed by atoms with Crippen molar-refractivity contribution in [3.05, 3.63) is 58.3 Å². The van der Waals surface area contributed by atoms with E-state index in [1.54, 1.807) is 6.20 Å². The topological polar surface area (TPSA) is 59.1 Å². The summed E-state index contributed by atoms with van der Waals surface area (Å²) in [5.41, 5.74) is 2.02. The first-order valence-corrected chi connectivity index (χ1v) is 7.91. The maximum absolute atomic E-state index is 12.1. The molecule has 19 heavy (non-hydrogen) atoms. The number of sulfonamides is 1. The molecule has 6 heteroatoms. The Labute approximate surface area is 121 Å². The van der Waals surface area contributed by atoms with Crippen molar-refractivity contribution < 1.29 is 8.42 Å². The molecule has 0 atom stereocenters. The zero-order valence-electron chi connectivity index (χ0n) is 10.3. The second-order valence-corrected chi connectivity index (χ2v) is 6.84. The van der Waals surface area contributed by atoms with E-state index >= 15 is 0 Å². The summed E-state index contributed by atoms with van der Waals surface area (Å²) < 4.78 is 27.3. The number of halogens is 1. The first-order valence-electron chi connectivity index (χ1n) is 5.63. The van der Waals surface area contributed by atoms with Gasteiger partial charge in [0.15, 0.2) is 0 Å². The fraction of sp³-hybridized carbons (Fsp3) is 0.154. The predicted octanol–water partition coefficient (Wildman–Crippen LogP) is 2.63. The molecule has 0 aliphatic heterocycles. The maximum atomic E-state index is 12.1. The van der Waals surface area contributed by atoms with Gasteiger partial charge in [0.05, 0.1) is 0 Å². The highest BCUT2D eigenvalue weighted by atomic mass is 79.9. The molecule has 2 rings (SSSR count). The standard InChI is InChI=1S/C13H13BrN2O2S/c1-10-3-2-4-11(5-10)7-16-19(17,18)13-6-12(14)8-15-9-13/h2-6,8-9,16H,7H2,1H3. The molecule has 0 spiro atoms. The molecule has 0 amide bonds. The average molecular weight is 341 g/mol. The number of nitrogens with zero attached hydrogens (tertiary/aromatic N) is 1. The summed E-state index contributed by atoms with van der Waals surface area (Å²) >= 11 is 3.21. The zero-order valence-corrected chi connectivity index (χ0v) is 12.7. The lowest BCUT2D eigenvalue weighted by Crippen LogP contribution is -2.23. The number of pyridine rings is 1. The van der Waals surface area contributed by atoms with Crippen molar-refractivity contribution in [1.29, 1.82) is 0 Å². The molecule has 0 unspecified atom stereocenters. The van der Waals surface area contributed by atoms with Gasteiger partial charge in [-0.15, -0.1) is 0 Å². The monoisotopic (exact) mass is 340 g/mol. The normalized spacial score (nSPS) is 11.5. The van der Waals surface area contributed by atoms with E-state index in [9.17, 15) is 8.42 Å². The second-order valence-electron chi connectivity index (χ2n) is 4.15. The van der Waals surface area contributed by atoms with Gasteiger partial charge in [-0.25, -0.2) is 13.1 Å². The van der Waals surface area contributed by atoms with Crippen molar-refractivity contribution in [3.8, 4) is 0 Å². The lowest BCUT2D eigenvalue weighted by Gasteiger charge is -2.07. The van der Waals surface area contributed by atoms with Gasteiger partial charge in [0.25, 0.3) is 0 Å². The Kier molecular flexibility index (Phi) is 4.34. The summed E-state index contributed by atoms with van der Waals surface area (Å²) in [4.78, 5) is 4.00. The van der Waals surface area contributed by atoms with Crippen LogP contribution in [0.1, 0.15) is 11.1 Å². The minimum absolute atomic E-state index is 0.148. The average Bonchev–Trinajstić information content (AvgIpc) is 2.37. The Morgan fingerprint density at radius 2 is 2.05 bits per heavy atom. The van der Waals surface area contributed by atoms with Crippen molar-refractivity contribution in [3.63, 3.8) is 0 Å². The molecule has 0 aliphatic rings. The summed E-state index contributed by atoms with van der Waals surface area (Å²) in [6.45, 7) is 2.23. The molecule has 1 aromatic carbocycles. The lowest BCUT2D eigenvalue weighted by atomic mass is 10.1. The van der Waals surface area contributed by atoms with Crippen molar-refractivity contribution >= 4 is 26.0 Å². The van der Waals surface area contributed by atoms with Crippen LogP contribution in [0.5, 0.6) is 0 Å². The molecular formula is C13H13BrN2O2S. The third-order valence-electron chi connectivity index (χ3n) is 2.54. The van der Waals surface area contributed by atoms with E-state index in [2.05, 4.69) is 25.6 Å². The SMILES string of the molecule is Cc1cccc(CNS(=O)(=O)c2cncc(Br)c2)c1. The van der Waals surface area contributed by atoms with Gasteiger partial charge in [-0.1, -0.05) is 29.8 Å². The van der Waals surface area contributed by atoms with Crippen molar-refractivity contribution in [2.75, 3.05) is 0 Å². The van der Waals surface area contributed by atoms with Crippen LogP contribution in [0.25, 0.3) is 0 Å². The van der Waals surface area contributed by atoms with Gasteiger partial charge in [-0.2, -0.15) is 0 Å². The molecule has 0 saturated carbocycles. The highest BCUT2D eigenvalue weighted by Crippen LogP contribution is 2.14. The Morgan fingerprint density at radius 3 is 2.74 bits per heavy atom. The van der Waals surface area contributed by atoms with E-state index in [1.807, 2.05) is 31.2 Å². The number of rotatable bonds is 4. The van der Waals surface area contributed by atoms with Crippen LogP contribution in [-0.4, -0.2) is 13.4 Å². The fourth-order valence-corrected chi connectivity index (χ4v) is 3.14. The van der Waals surface area contributed by atoms with Gasteiger partial charge >= 0.3 is 0 Å². The summed E-state index contributed by atoms with van der Waals surface area (Å²) in [6, 6.07) is 9.22. The highest BCUT2D eigenvalue weighted by Gasteiger charge is 2.14. The molecule has 0 aliphatic carbocycles. The molecule has 1 aromatic heterocycles. The van der Waals surface area contributed by atoms with Crippen LogP contribution in [0.2, 0.25) is 0 Å². The molecule has 1 heterocycles. The molecule has 4 nitrogen and oxygen atoms in total. The largest absolute Gasteiger partial charge is 0.262 e. The smallest absolute Gasteiger partial charge is 0.242 e. The van der Waals surface area contributed by atoms with Crippen molar-refractivity contribution in [2.45, 2.75) is 18.4 Å². The molecule has 0 bridgehead atoms. The van der Waals surface area contributed by atoms with Crippen LogP contribution in [0.3, 0.4) is 0 Å². The summed E-state index contributed by atoms with van der Waals surface area (Å²) in [7, 11) is -3.54. The van der Waals surface area contributed by atoms with Crippen molar-refractivity contribution in [2.24, 2.45) is 0 Å². The number of nitrogens with one attached hydrogen (secondary N) is 1. The van der Waals surface area contributed by atoms with E-state index < -0.39 is 10.0 Å². The van der Waals surface area contributed by atoms with Gasteiger partial charge in [-0.05, 0) is 34.5 Å². The molecule has 100 valence electrons. The Balaban J connectivity index is 2.14. The minimum atomic E-state index is -3.54. The maximum Gasteiger partial charge on any atom is 0.242 e. The Morgan fingerprint density at radius 1 is 1.26 bits per heavy atom. The first kappa shape index (κ1) is 14.2. The minimum Gasteiger partial charge on any atom is -0.262 e. The van der Waals surface area contributed by atoms with E-state index in [4.69, 9.17) is 0 Å². The molecule has 0 fully saturated rings. The van der Waals surface area contributed by atoms with Gasteiger partial charge < -0.3 is 0 Å². The van der Waals surface area contributed by atoms with Gasteiger partial charge in [0, 0.05) is 23.4 Å². The second kappa shape index (κ2) is 5.81. The number of hydrogen-bond acceptors (Lipinski definition) is 3. The lowest BCUT2D eigenvalue weighted by molar-refractivity contribution is 0.581. The molecule has 2 aromatic rings.